The van der Waals surface area contributed by atoms with E-state index in [2.05, 4.69) is 9.71 Å². The number of aryl methyl sites for hydroxylation is 1. The topological polar surface area (TPSA) is 94.3 Å². The van der Waals surface area contributed by atoms with Crippen molar-refractivity contribution in [3.63, 3.8) is 0 Å². The Kier molecular flexibility index (Phi) is 4.77. The summed E-state index contributed by atoms with van der Waals surface area (Å²) in [5, 5.41) is 0. The minimum absolute atomic E-state index is 0.0235. The maximum absolute atomic E-state index is 12.0. The predicted octanol–water partition coefficient (Wildman–Crippen LogP) is 1.33. The van der Waals surface area contributed by atoms with Gasteiger partial charge in [0.2, 0.25) is 10.0 Å². The van der Waals surface area contributed by atoms with Crippen molar-refractivity contribution in [2.24, 2.45) is 0 Å². The van der Waals surface area contributed by atoms with Gasteiger partial charge >= 0.3 is 0 Å². The number of nitrogens with two attached hydrogens (primary N) is 1. The Morgan fingerprint density at radius 2 is 2.10 bits per heavy atom. The summed E-state index contributed by atoms with van der Waals surface area (Å²) < 4.78 is 32.0. The molecule has 0 saturated carbocycles. The molecular formula is C14H17N3O3S. The second kappa shape index (κ2) is 6.55. The Morgan fingerprint density at radius 1 is 1.29 bits per heavy atom. The van der Waals surface area contributed by atoms with Crippen LogP contribution in [0.2, 0.25) is 0 Å². The van der Waals surface area contributed by atoms with Crippen LogP contribution in [0.25, 0.3) is 0 Å². The van der Waals surface area contributed by atoms with Crippen molar-refractivity contribution in [1.82, 2.24) is 9.71 Å². The van der Waals surface area contributed by atoms with Crippen LogP contribution in [-0.2, 0) is 10.0 Å². The lowest BCUT2D eigenvalue weighted by Gasteiger charge is -2.09. The van der Waals surface area contributed by atoms with Crippen LogP contribution in [0.1, 0.15) is 5.56 Å². The molecule has 0 unspecified atom stereocenters. The summed E-state index contributed by atoms with van der Waals surface area (Å²) in [6, 6.07) is 10.5. The molecule has 3 N–H and O–H groups in total. The van der Waals surface area contributed by atoms with E-state index in [1.807, 2.05) is 31.2 Å². The maximum Gasteiger partial charge on any atom is 0.244 e. The lowest BCUT2D eigenvalue weighted by atomic mass is 10.2. The van der Waals surface area contributed by atoms with E-state index in [1.54, 1.807) is 0 Å². The molecule has 2 aromatic rings. The van der Waals surface area contributed by atoms with Gasteiger partial charge in [0.25, 0.3) is 0 Å². The van der Waals surface area contributed by atoms with Crippen LogP contribution in [0.15, 0.2) is 47.5 Å². The summed E-state index contributed by atoms with van der Waals surface area (Å²) in [6.45, 7) is 2.33. The van der Waals surface area contributed by atoms with Crippen LogP contribution in [0.5, 0.6) is 5.75 Å². The van der Waals surface area contributed by atoms with E-state index in [0.29, 0.717) is 5.75 Å². The van der Waals surface area contributed by atoms with Crippen molar-refractivity contribution in [3.05, 3.63) is 48.2 Å². The van der Waals surface area contributed by atoms with Gasteiger partial charge in [0.15, 0.2) is 0 Å². The Balaban J connectivity index is 1.90. The average Bonchev–Trinajstić information content (AvgIpc) is 2.44. The highest BCUT2D eigenvalue weighted by Crippen LogP contribution is 2.14. The normalized spacial score (nSPS) is 11.3. The van der Waals surface area contributed by atoms with Crippen molar-refractivity contribution in [3.8, 4) is 5.75 Å². The second-order valence-corrected chi connectivity index (χ2v) is 6.18. The molecule has 0 spiro atoms. The Morgan fingerprint density at radius 3 is 2.81 bits per heavy atom. The van der Waals surface area contributed by atoms with Gasteiger partial charge in [0.05, 0.1) is 0 Å². The molecule has 0 saturated heterocycles. The molecule has 0 amide bonds. The Labute approximate surface area is 124 Å². The van der Waals surface area contributed by atoms with Gasteiger partial charge in [-0.25, -0.2) is 18.1 Å². The van der Waals surface area contributed by atoms with Crippen LogP contribution >= 0.6 is 0 Å². The fraction of sp³-hybridized carbons (Fsp3) is 0.214. The van der Waals surface area contributed by atoms with Gasteiger partial charge in [-0.05, 0) is 36.8 Å². The number of hydrogen-bond donors (Lipinski definition) is 2. The monoisotopic (exact) mass is 307 g/mol. The van der Waals surface area contributed by atoms with Gasteiger partial charge in [-0.15, -0.1) is 0 Å². The number of nitrogens with zero attached hydrogens (tertiary/aromatic N) is 1. The number of pyridine rings is 1. The minimum atomic E-state index is -3.67. The largest absolute Gasteiger partial charge is 0.492 e. The fourth-order valence-electron chi connectivity index (χ4n) is 1.76. The van der Waals surface area contributed by atoms with Crippen molar-refractivity contribution in [1.29, 1.82) is 0 Å². The van der Waals surface area contributed by atoms with E-state index < -0.39 is 10.0 Å². The molecule has 7 heteroatoms. The zero-order chi connectivity index (χ0) is 15.3. The van der Waals surface area contributed by atoms with E-state index in [0.717, 1.165) is 5.56 Å². The number of nitrogens with one attached hydrogen (secondary N) is 1. The van der Waals surface area contributed by atoms with Gasteiger partial charge in [-0.1, -0.05) is 12.1 Å². The molecule has 6 nitrogen and oxygen atoms in total. The molecule has 112 valence electrons. The third-order valence-electron chi connectivity index (χ3n) is 2.74. The van der Waals surface area contributed by atoms with Crippen LogP contribution in [-0.4, -0.2) is 26.6 Å². The number of benzene rings is 1. The summed E-state index contributed by atoms with van der Waals surface area (Å²) >= 11 is 0. The molecule has 1 aromatic carbocycles. The first-order chi connectivity index (χ1) is 9.99. The van der Waals surface area contributed by atoms with E-state index in [9.17, 15) is 8.42 Å². The average molecular weight is 307 g/mol. The summed E-state index contributed by atoms with van der Waals surface area (Å²) in [5.41, 5.74) is 6.64. The molecule has 1 heterocycles. The molecule has 0 aliphatic rings. The standard InChI is InChI=1S/C14H17N3O3S/c1-11-4-2-5-12(10-11)20-9-8-17-21(18,19)13-6-3-7-16-14(13)15/h2-7,10,17H,8-9H2,1H3,(H2,15,16). The summed E-state index contributed by atoms with van der Waals surface area (Å²) in [7, 11) is -3.67. The SMILES string of the molecule is Cc1cccc(OCCNS(=O)(=O)c2cccnc2N)c1. The first kappa shape index (κ1) is 15.3. The van der Waals surface area contributed by atoms with Crippen molar-refractivity contribution >= 4 is 15.8 Å². The predicted molar refractivity (Wildman–Crippen MR) is 80.5 cm³/mol. The summed E-state index contributed by atoms with van der Waals surface area (Å²) in [4.78, 5) is 3.73. The number of anilines is 1. The number of hydrogen-bond acceptors (Lipinski definition) is 5. The van der Waals surface area contributed by atoms with Crippen LogP contribution < -0.4 is 15.2 Å². The lowest BCUT2D eigenvalue weighted by Crippen LogP contribution is -2.29. The van der Waals surface area contributed by atoms with E-state index in [1.165, 1.54) is 18.3 Å². The molecule has 21 heavy (non-hydrogen) atoms. The highest BCUT2D eigenvalue weighted by Gasteiger charge is 2.16. The van der Waals surface area contributed by atoms with E-state index in [-0.39, 0.29) is 23.9 Å². The molecule has 0 radical (unpaired) electrons. The number of rotatable bonds is 6. The molecule has 0 fully saturated rings. The van der Waals surface area contributed by atoms with Gasteiger partial charge in [0, 0.05) is 12.7 Å². The number of nitrogen functional groups attached to an aromatic ring is 1. The fourth-order valence-corrected chi connectivity index (χ4v) is 2.85. The zero-order valence-electron chi connectivity index (χ0n) is 11.6. The number of ether oxygens (including phenoxy) is 1. The first-order valence-corrected chi connectivity index (χ1v) is 7.87. The van der Waals surface area contributed by atoms with Gasteiger partial charge in [-0.3, -0.25) is 0 Å². The van der Waals surface area contributed by atoms with Gasteiger partial charge in [-0.2, -0.15) is 0 Å². The van der Waals surface area contributed by atoms with Crippen LogP contribution in [0.3, 0.4) is 0 Å². The molecule has 0 bridgehead atoms. The smallest absolute Gasteiger partial charge is 0.244 e. The summed E-state index contributed by atoms with van der Waals surface area (Å²) in [6.07, 6.45) is 1.44. The Bertz CT molecular complexity index is 717. The maximum atomic E-state index is 12.0. The quantitative estimate of drug-likeness (QED) is 0.785. The molecule has 1 aromatic heterocycles. The lowest BCUT2D eigenvalue weighted by molar-refractivity contribution is 0.322. The van der Waals surface area contributed by atoms with E-state index in [4.69, 9.17) is 10.5 Å². The van der Waals surface area contributed by atoms with Gasteiger partial charge in [0.1, 0.15) is 23.1 Å². The molecule has 0 aliphatic heterocycles. The van der Waals surface area contributed by atoms with E-state index >= 15 is 0 Å². The third-order valence-corrected chi connectivity index (χ3v) is 4.25. The zero-order valence-corrected chi connectivity index (χ0v) is 12.4. The highest BCUT2D eigenvalue weighted by molar-refractivity contribution is 7.89. The molecule has 2 rings (SSSR count). The van der Waals surface area contributed by atoms with Crippen molar-refractivity contribution < 1.29 is 13.2 Å². The van der Waals surface area contributed by atoms with Crippen molar-refractivity contribution in [2.75, 3.05) is 18.9 Å². The Hall–Kier alpha value is -2.12. The number of aromatic nitrogens is 1. The molecular weight excluding hydrogens is 290 g/mol. The first-order valence-electron chi connectivity index (χ1n) is 6.39. The third kappa shape index (κ3) is 4.17. The van der Waals surface area contributed by atoms with Crippen LogP contribution in [0, 0.1) is 6.92 Å². The minimum Gasteiger partial charge on any atom is -0.492 e. The van der Waals surface area contributed by atoms with Gasteiger partial charge < -0.3 is 10.5 Å². The second-order valence-electron chi connectivity index (χ2n) is 4.45. The van der Waals surface area contributed by atoms with Crippen LogP contribution in [0.4, 0.5) is 5.82 Å². The molecule has 0 atom stereocenters. The van der Waals surface area contributed by atoms with Crippen molar-refractivity contribution in [2.45, 2.75) is 11.8 Å². The summed E-state index contributed by atoms with van der Waals surface area (Å²) in [5.74, 6) is 0.680. The number of sulfonamides is 1. The molecule has 0 aliphatic carbocycles. The highest BCUT2D eigenvalue weighted by atomic mass is 32.2.